The van der Waals surface area contributed by atoms with E-state index in [-0.39, 0.29) is 22.8 Å². The van der Waals surface area contributed by atoms with Crippen LogP contribution in [-0.2, 0) is 14.8 Å². The molecule has 1 aliphatic carbocycles. The molecule has 3 rings (SSSR count). The minimum atomic E-state index is -3.53. The molecule has 0 spiro atoms. The highest BCUT2D eigenvalue weighted by atomic mass is 32.2. The molecule has 27 heavy (non-hydrogen) atoms. The molecule has 1 saturated carbocycles. The molecule has 150 valence electrons. The molecule has 0 bridgehead atoms. The Morgan fingerprint density at radius 1 is 1.19 bits per heavy atom. The maximum Gasteiger partial charge on any atom is 0.243 e. The Hall–Kier alpha value is -1.60. The smallest absolute Gasteiger partial charge is 0.243 e. The van der Waals surface area contributed by atoms with E-state index < -0.39 is 10.0 Å². The molecule has 1 amide bonds. The molecule has 0 N–H and O–H groups in total. The van der Waals surface area contributed by atoms with E-state index in [0.29, 0.717) is 44.2 Å². The maximum atomic E-state index is 12.9. The fraction of sp³-hybridized carbons (Fsp3) is 0.650. The van der Waals surface area contributed by atoms with Gasteiger partial charge in [-0.1, -0.05) is 0 Å². The van der Waals surface area contributed by atoms with Crippen molar-refractivity contribution in [2.45, 2.75) is 50.5 Å². The third-order valence-electron chi connectivity index (χ3n) is 5.84. The normalized spacial score (nSPS) is 20.3. The minimum Gasteiger partial charge on any atom is -0.494 e. The molecule has 0 aromatic heterocycles. The molecule has 0 radical (unpaired) electrons. The molecule has 1 aliphatic heterocycles. The summed E-state index contributed by atoms with van der Waals surface area (Å²) in [5.74, 6) is 1.38. The number of piperidine rings is 1. The minimum absolute atomic E-state index is 0.0806. The van der Waals surface area contributed by atoms with Gasteiger partial charge in [0.1, 0.15) is 5.75 Å². The third-order valence-corrected chi connectivity index (χ3v) is 7.75. The first-order valence-corrected chi connectivity index (χ1v) is 11.3. The number of hydrogen-bond donors (Lipinski definition) is 0. The first-order chi connectivity index (χ1) is 12.8. The summed E-state index contributed by atoms with van der Waals surface area (Å²) in [4.78, 5) is 14.9. The average Bonchev–Trinajstić information content (AvgIpc) is 3.52. The molecular formula is C20H30N2O4S. The molecular weight excluding hydrogens is 364 g/mol. The summed E-state index contributed by atoms with van der Waals surface area (Å²) in [6.07, 6.45) is 3.57. The van der Waals surface area contributed by atoms with Crippen molar-refractivity contribution in [3.63, 3.8) is 0 Å². The highest BCUT2D eigenvalue weighted by molar-refractivity contribution is 7.89. The van der Waals surface area contributed by atoms with Crippen LogP contribution in [0.5, 0.6) is 5.75 Å². The number of amides is 1. The van der Waals surface area contributed by atoms with E-state index in [4.69, 9.17) is 4.74 Å². The van der Waals surface area contributed by atoms with Gasteiger partial charge in [-0.15, -0.1) is 0 Å². The van der Waals surface area contributed by atoms with Crippen LogP contribution in [-0.4, -0.2) is 56.3 Å². The predicted octanol–water partition coefficient (Wildman–Crippen LogP) is 2.74. The molecule has 1 unspecified atom stereocenters. The first-order valence-electron chi connectivity index (χ1n) is 9.84. The monoisotopic (exact) mass is 394 g/mol. The van der Waals surface area contributed by atoms with Gasteiger partial charge < -0.3 is 9.64 Å². The van der Waals surface area contributed by atoms with Gasteiger partial charge in [0.2, 0.25) is 15.9 Å². The molecule has 2 aliphatic rings. The number of carbonyl (C=O) groups is 1. The zero-order valence-corrected chi connectivity index (χ0v) is 17.2. The van der Waals surface area contributed by atoms with Crippen LogP contribution < -0.4 is 4.74 Å². The van der Waals surface area contributed by atoms with Crippen LogP contribution in [0.25, 0.3) is 0 Å². The van der Waals surface area contributed by atoms with E-state index in [1.54, 1.807) is 24.3 Å². The van der Waals surface area contributed by atoms with E-state index in [0.717, 1.165) is 0 Å². The molecule has 1 heterocycles. The second-order valence-corrected chi connectivity index (χ2v) is 9.55. The standard InChI is InChI=1S/C20H30N2O4S/c1-4-26-18-7-9-19(10-8-18)27(24,25)22-13-11-17(12-14-22)20(23)21(3)15(2)16-5-6-16/h7-10,15-17H,4-6,11-14H2,1-3H3. The average molecular weight is 395 g/mol. The number of sulfonamides is 1. The first kappa shape index (κ1) is 20.1. The number of benzene rings is 1. The lowest BCUT2D eigenvalue weighted by Crippen LogP contribution is -2.45. The van der Waals surface area contributed by atoms with Gasteiger partial charge in [-0.05, 0) is 69.7 Å². The van der Waals surface area contributed by atoms with Crippen molar-refractivity contribution >= 4 is 15.9 Å². The van der Waals surface area contributed by atoms with E-state index in [1.165, 1.54) is 17.1 Å². The zero-order valence-electron chi connectivity index (χ0n) is 16.4. The number of hydrogen-bond acceptors (Lipinski definition) is 4. The van der Waals surface area contributed by atoms with Crippen LogP contribution in [0.2, 0.25) is 0 Å². The number of carbonyl (C=O) groups excluding carboxylic acids is 1. The van der Waals surface area contributed by atoms with Gasteiger partial charge in [-0.25, -0.2) is 8.42 Å². The van der Waals surface area contributed by atoms with Gasteiger partial charge in [0.15, 0.2) is 0 Å². The van der Waals surface area contributed by atoms with E-state index in [2.05, 4.69) is 6.92 Å². The summed E-state index contributed by atoms with van der Waals surface area (Å²) in [7, 11) is -1.65. The van der Waals surface area contributed by atoms with Crippen LogP contribution in [0.3, 0.4) is 0 Å². The zero-order chi connectivity index (χ0) is 19.6. The Bertz CT molecular complexity index is 751. The van der Waals surface area contributed by atoms with E-state index in [1.807, 2.05) is 18.9 Å². The van der Waals surface area contributed by atoms with Gasteiger partial charge >= 0.3 is 0 Å². The molecule has 1 atom stereocenters. The van der Waals surface area contributed by atoms with Crippen molar-refractivity contribution in [3.8, 4) is 5.75 Å². The highest BCUT2D eigenvalue weighted by Crippen LogP contribution is 2.35. The fourth-order valence-electron chi connectivity index (χ4n) is 3.75. The Morgan fingerprint density at radius 2 is 1.78 bits per heavy atom. The van der Waals surface area contributed by atoms with E-state index in [9.17, 15) is 13.2 Å². The number of ether oxygens (including phenoxy) is 1. The molecule has 6 nitrogen and oxygen atoms in total. The summed E-state index contributed by atoms with van der Waals surface area (Å²) in [6, 6.07) is 6.82. The maximum absolute atomic E-state index is 12.9. The molecule has 1 aromatic carbocycles. The van der Waals surface area contributed by atoms with Crippen molar-refractivity contribution < 1.29 is 17.9 Å². The van der Waals surface area contributed by atoms with Crippen molar-refractivity contribution in [1.82, 2.24) is 9.21 Å². The predicted molar refractivity (Wildman–Crippen MR) is 104 cm³/mol. The number of rotatable bonds is 7. The third kappa shape index (κ3) is 4.46. The second-order valence-electron chi connectivity index (χ2n) is 7.61. The fourth-order valence-corrected chi connectivity index (χ4v) is 5.22. The lowest BCUT2D eigenvalue weighted by Gasteiger charge is -2.34. The van der Waals surface area contributed by atoms with Crippen molar-refractivity contribution in [3.05, 3.63) is 24.3 Å². The van der Waals surface area contributed by atoms with Gasteiger partial charge in [0.25, 0.3) is 0 Å². The van der Waals surface area contributed by atoms with Crippen molar-refractivity contribution in [2.24, 2.45) is 11.8 Å². The van der Waals surface area contributed by atoms with Gasteiger partial charge in [0, 0.05) is 32.1 Å². The molecule has 1 saturated heterocycles. The van der Waals surface area contributed by atoms with Crippen LogP contribution in [0.1, 0.15) is 39.5 Å². The molecule has 2 fully saturated rings. The van der Waals surface area contributed by atoms with Crippen LogP contribution in [0, 0.1) is 11.8 Å². The van der Waals surface area contributed by atoms with Crippen molar-refractivity contribution in [2.75, 3.05) is 26.7 Å². The van der Waals surface area contributed by atoms with Crippen LogP contribution in [0.15, 0.2) is 29.2 Å². The summed E-state index contributed by atoms with van der Waals surface area (Å²) in [5, 5.41) is 0. The van der Waals surface area contributed by atoms with Crippen LogP contribution >= 0.6 is 0 Å². The second kappa shape index (κ2) is 8.19. The highest BCUT2D eigenvalue weighted by Gasteiger charge is 2.37. The molecule has 7 heteroatoms. The quantitative estimate of drug-likeness (QED) is 0.713. The topological polar surface area (TPSA) is 66.9 Å². The van der Waals surface area contributed by atoms with Gasteiger partial charge in [0.05, 0.1) is 11.5 Å². The van der Waals surface area contributed by atoms with Gasteiger partial charge in [-0.2, -0.15) is 4.31 Å². The lowest BCUT2D eigenvalue weighted by atomic mass is 9.96. The largest absolute Gasteiger partial charge is 0.494 e. The van der Waals surface area contributed by atoms with Crippen LogP contribution in [0.4, 0.5) is 0 Å². The SMILES string of the molecule is CCOc1ccc(S(=O)(=O)N2CCC(C(=O)N(C)C(C)C3CC3)CC2)cc1. The lowest BCUT2D eigenvalue weighted by molar-refractivity contribution is -0.137. The van der Waals surface area contributed by atoms with Crippen molar-refractivity contribution in [1.29, 1.82) is 0 Å². The van der Waals surface area contributed by atoms with E-state index >= 15 is 0 Å². The Kier molecular flexibility index (Phi) is 6.11. The Labute approximate surface area is 162 Å². The summed E-state index contributed by atoms with van der Waals surface area (Å²) in [6.45, 7) is 5.32. The molecule has 1 aromatic rings. The Balaban J connectivity index is 1.59. The summed E-state index contributed by atoms with van der Waals surface area (Å²) >= 11 is 0. The summed E-state index contributed by atoms with van der Waals surface area (Å²) in [5.41, 5.74) is 0. The number of nitrogens with zero attached hydrogens (tertiary/aromatic N) is 2. The summed E-state index contributed by atoms with van der Waals surface area (Å²) < 4.78 is 32.6. The Morgan fingerprint density at radius 3 is 2.30 bits per heavy atom. The van der Waals surface area contributed by atoms with Gasteiger partial charge in [-0.3, -0.25) is 4.79 Å².